The van der Waals surface area contributed by atoms with Gasteiger partial charge in [-0.1, -0.05) is 25.0 Å². The predicted octanol–water partition coefficient (Wildman–Crippen LogP) is 2.06. The van der Waals surface area contributed by atoms with E-state index in [4.69, 9.17) is 0 Å². The SMILES string of the molecule is C[C@H](NC(=O)C(=O)NC1CCCC1)c1ccc(F)cc1. The molecular weight excluding hydrogens is 259 g/mol. The number of benzene rings is 1. The molecule has 1 aliphatic carbocycles. The Morgan fingerprint density at radius 3 is 2.35 bits per heavy atom. The molecule has 1 fully saturated rings. The summed E-state index contributed by atoms with van der Waals surface area (Å²) in [6.07, 6.45) is 4.07. The van der Waals surface area contributed by atoms with Crippen LogP contribution in [0.25, 0.3) is 0 Å². The van der Waals surface area contributed by atoms with Crippen LogP contribution in [0, 0.1) is 5.82 Å². The molecule has 0 heterocycles. The average Bonchev–Trinajstić information content (AvgIpc) is 2.92. The molecule has 0 spiro atoms. The zero-order chi connectivity index (χ0) is 14.5. The number of hydrogen-bond donors (Lipinski definition) is 2. The molecule has 1 atom stereocenters. The van der Waals surface area contributed by atoms with Gasteiger partial charge in [0.2, 0.25) is 0 Å². The van der Waals surface area contributed by atoms with Gasteiger partial charge >= 0.3 is 11.8 Å². The highest BCUT2D eigenvalue weighted by molar-refractivity contribution is 6.35. The van der Waals surface area contributed by atoms with E-state index >= 15 is 0 Å². The Labute approximate surface area is 117 Å². The average molecular weight is 278 g/mol. The Balaban J connectivity index is 1.86. The smallest absolute Gasteiger partial charge is 0.309 e. The van der Waals surface area contributed by atoms with Crippen LogP contribution in [0.15, 0.2) is 24.3 Å². The molecule has 2 N–H and O–H groups in total. The van der Waals surface area contributed by atoms with E-state index in [9.17, 15) is 14.0 Å². The van der Waals surface area contributed by atoms with Crippen LogP contribution >= 0.6 is 0 Å². The van der Waals surface area contributed by atoms with Crippen LogP contribution in [0.5, 0.6) is 0 Å². The lowest BCUT2D eigenvalue weighted by atomic mass is 10.1. The third-order valence-corrected chi connectivity index (χ3v) is 3.61. The summed E-state index contributed by atoms with van der Waals surface area (Å²) < 4.78 is 12.8. The fourth-order valence-corrected chi connectivity index (χ4v) is 2.42. The lowest BCUT2D eigenvalue weighted by Gasteiger charge is -2.16. The first-order valence-electron chi connectivity index (χ1n) is 6.93. The first-order chi connectivity index (χ1) is 9.56. The number of amides is 2. The van der Waals surface area contributed by atoms with Gasteiger partial charge in [-0.05, 0) is 37.5 Å². The summed E-state index contributed by atoms with van der Waals surface area (Å²) in [7, 11) is 0. The van der Waals surface area contributed by atoms with Crippen molar-refractivity contribution in [2.24, 2.45) is 0 Å². The van der Waals surface area contributed by atoms with Crippen molar-refractivity contribution >= 4 is 11.8 Å². The number of nitrogens with one attached hydrogen (secondary N) is 2. The third-order valence-electron chi connectivity index (χ3n) is 3.61. The minimum atomic E-state index is -0.645. The molecule has 0 saturated heterocycles. The Morgan fingerprint density at radius 2 is 1.75 bits per heavy atom. The van der Waals surface area contributed by atoms with Crippen LogP contribution in [0.1, 0.15) is 44.2 Å². The highest BCUT2D eigenvalue weighted by Crippen LogP contribution is 2.17. The van der Waals surface area contributed by atoms with E-state index in [0.29, 0.717) is 0 Å². The molecule has 1 aliphatic rings. The maximum absolute atomic E-state index is 12.8. The topological polar surface area (TPSA) is 58.2 Å². The molecule has 1 aromatic rings. The van der Waals surface area contributed by atoms with E-state index in [2.05, 4.69) is 10.6 Å². The number of carbonyl (C=O) groups is 2. The minimum absolute atomic E-state index is 0.120. The molecule has 0 radical (unpaired) electrons. The fraction of sp³-hybridized carbons (Fsp3) is 0.467. The first-order valence-corrected chi connectivity index (χ1v) is 6.93. The molecule has 1 aromatic carbocycles. The van der Waals surface area contributed by atoms with E-state index in [1.807, 2.05) is 0 Å². The first kappa shape index (κ1) is 14.5. The Bertz CT molecular complexity index is 481. The summed E-state index contributed by atoms with van der Waals surface area (Å²) in [6, 6.07) is 5.63. The number of hydrogen-bond acceptors (Lipinski definition) is 2. The second-order valence-corrected chi connectivity index (χ2v) is 5.20. The van der Waals surface area contributed by atoms with Crippen LogP contribution in [0.2, 0.25) is 0 Å². The summed E-state index contributed by atoms with van der Waals surface area (Å²) >= 11 is 0. The van der Waals surface area contributed by atoms with Gasteiger partial charge in [-0.3, -0.25) is 9.59 Å². The van der Waals surface area contributed by atoms with Gasteiger partial charge < -0.3 is 10.6 Å². The van der Waals surface area contributed by atoms with E-state index in [-0.39, 0.29) is 17.9 Å². The molecule has 0 aliphatic heterocycles. The molecule has 0 unspecified atom stereocenters. The van der Waals surface area contributed by atoms with Crippen molar-refractivity contribution in [3.8, 4) is 0 Å². The monoisotopic (exact) mass is 278 g/mol. The van der Waals surface area contributed by atoms with Gasteiger partial charge in [0.25, 0.3) is 0 Å². The van der Waals surface area contributed by atoms with Gasteiger partial charge in [-0.2, -0.15) is 0 Å². The molecule has 0 aromatic heterocycles. The summed E-state index contributed by atoms with van der Waals surface area (Å²) in [6.45, 7) is 1.76. The van der Waals surface area contributed by atoms with Crippen LogP contribution in [0.3, 0.4) is 0 Å². The zero-order valence-corrected chi connectivity index (χ0v) is 11.5. The van der Waals surface area contributed by atoms with Gasteiger partial charge in [0, 0.05) is 6.04 Å². The second-order valence-electron chi connectivity index (χ2n) is 5.20. The Hall–Kier alpha value is -1.91. The number of carbonyl (C=O) groups excluding carboxylic acids is 2. The molecule has 20 heavy (non-hydrogen) atoms. The summed E-state index contributed by atoms with van der Waals surface area (Å²) in [5.74, 6) is -1.56. The van der Waals surface area contributed by atoms with E-state index in [1.54, 1.807) is 19.1 Å². The van der Waals surface area contributed by atoms with Crippen molar-refractivity contribution in [3.05, 3.63) is 35.6 Å². The van der Waals surface area contributed by atoms with Gasteiger partial charge in [-0.25, -0.2) is 4.39 Å². The maximum Gasteiger partial charge on any atom is 0.309 e. The van der Waals surface area contributed by atoms with Crippen LogP contribution in [-0.4, -0.2) is 17.9 Å². The second kappa shape index (κ2) is 6.50. The van der Waals surface area contributed by atoms with Crippen molar-refractivity contribution in [1.82, 2.24) is 10.6 Å². The molecule has 2 rings (SSSR count). The predicted molar refractivity (Wildman–Crippen MR) is 73.4 cm³/mol. The van der Waals surface area contributed by atoms with Crippen molar-refractivity contribution in [2.45, 2.75) is 44.7 Å². The largest absolute Gasteiger partial charge is 0.345 e. The maximum atomic E-state index is 12.8. The van der Waals surface area contributed by atoms with E-state index in [1.165, 1.54) is 12.1 Å². The molecule has 1 saturated carbocycles. The van der Waals surface area contributed by atoms with Crippen LogP contribution in [-0.2, 0) is 9.59 Å². The van der Waals surface area contributed by atoms with Gasteiger partial charge in [-0.15, -0.1) is 0 Å². The molecule has 2 amide bonds. The Kier molecular flexibility index (Phi) is 4.71. The fourth-order valence-electron chi connectivity index (χ4n) is 2.42. The van der Waals surface area contributed by atoms with Crippen molar-refractivity contribution in [3.63, 3.8) is 0 Å². The molecule has 108 valence electrons. The normalized spacial score (nSPS) is 16.7. The standard InChI is InChI=1S/C15H19FN2O2/c1-10(11-6-8-12(16)9-7-11)17-14(19)15(20)18-13-4-2-3-5-13/h6-10,13H,2-5H2,1H3,(H,17,19)(H,18,20)/t10-/m0/s1. The summed E-state index contributed by atoms with van der Waals surface area (Å²) in [5, 5.41) is 5.35. The van der Waals surface area contributed by atoms with Crippen LogP contribution in [0.4, 0.5) is 4.39 Å². The van der Waals surface area contributed by atoms with Gasteiger partial charge in [0.1, 0.15) is 5.82 Å². The summed E-state index contributed by atoms with van der Waals surface area (Å²) in [4.78, 5) is 23.5. The molecular formula is C15H19FN2O2. The highest BCUT2D eigenvalue weighted by atomic mass is 19.1. The molecule has 4 nitrogen and oxygen atoms in total. The van der Waals surface area contributed by atoms with Gasteiger partial charge in [0.05, 0.1) is 6.04 Å². The zero-order valence-electron chi connectivity index (χ0n) is 11.5. The quantitative estimate of drug-likeness (QED) is 0.831. The number of halogens is 1. The van der Waals surface area contributed by atoms with Crippen molar-refractivity contribution < 1.29 is 14.0 Å². The van der Waals surface area contributed by atoms with Crippen LogP contribution < -0.4 is 10.6 Å². The van der Waals surface area contributed by atoms with Gasteiger partial charge in [0.15, 0.2) is 0 Å². The molecule has 0 bridgehead atoms. The summed E-state index contributed by atoms with van der Waals surface area (Å²) in [5.41, 5.74) is 0.758. The van der Waals surface area contributed by atoms with E-state index in [0.717, 1.165) is 31.2 Å². The lowest BCUT2D eigenvalue weighted by Crippen LogP contribution is -2.44. The third kappa shape index (κ3) is 3.79. The molecule has 5 heteroatoms. The van der Waals surface area contributed by atoms with E-state index < -0.39 is 11.8 Å². The van der Waals surface area contributed by atoms with Crippen molar-refractivity contribution in [1.29, 1.82) is 0 Å². The minimum Gasteiger partial charge on any atom is -0.345 e. The Morgan fingerprint density at radius 1 is 1.15 bits per heavy atom. The highest BCUT2D eigenvalue weighted by Gasteiger charge is 2.22. The lowest BCUT2D eigenvalue weighted by molar-refractivity contribution is -0.140. The van der Waals surface area contributed by atoms with Crippen molar-refractivity contribution in [2.75, 3.05) is 0 Å². The number of rotatable bonds is 3.